The summed E-state index contributed by atoms with van der Waals surface area (Å²) in [5, 5.41) is 3.72. The van der Waals surface area contributed by atoms with Crippen LogP contribution in [0.3, 0.4) is 0 Å². The van der Waals surface area contributed by atoms with Crippen LogP contribution in [0.2, 0.25) is 0 Å². The maximum Gasteiger partial charge on any atom is 0.125 e. The molecule has 0 spiro atoms. The maximum absolute atomic E-state index is 4.87. The van der Waals surface area contributed by atoms with E-state index in [-0.39, 0.29) is 0 Å². The fraction of sp³-hybridized carbons (Fsp3) is 0.875. The molecule has 0 amide bonds. The molecule has 1 aliphatic rings. The molecular formula is C8H15NO. The van der Waals surface area contributed by atoms with Crippen LogP contribution in [0.15, 0.2) is 5.16 Å². The Morgan fingerprint density at radius 1 is 1.60 bits per heavy atom. The van der Waals surface area contributed by atoms with Gasteiger partial charge in [0.05, 0.1) is 6.21 Å². The Balaban J connectivity index is 2.31. The zero-order chi connectivity index (χ0) is 7.61. The molecule has 2 nitrogen and oxygen atoms in total. The maximum atomic E-state index is 4.87. The average Bonchev–Trinajstić information content (AvgIpc) is 2.12. The molecule has 0 bridgehead atoms. The van der Waals surface area contributed by atoms with Crippen molar-refractivity contribution in [2.24, 2.45) is 16.5 Å². The van der Waals surface area contributed by atoms with Crippen LogP contribution in [0, 0.1) is 11.3 Å². The zero-order valence-electron chi connectivity index (χ0n) is 6.92. The Labute approximate surface area is 62.3 Å². The highest BCUT2D eigenvalue weighted by Gasteiger charge is 2.20. The van der Waals surface area contributed by atoms with Crippen LogP contribution in [-0.4, -0.2) is 12.8 Å². The Kier molecular flexibility index (Phi) is 1.97. The van der Waals surface area contributed by atoms with Crippen molar-refractivity contribution >= 4 is 6.21 Å². The van der Waals surface area contributed by atoms with Gasteiger partial charge in [-0.25, -0.2) is 0 Å². The van der Waals surface area contributed by atoms with Crippen LogP contribution in [-0.2, 0) is 4.84 Å². The van der Waals surface area contributed by atoms with Crippen molar-refractivity contribution in [3.8, 4) is 0 Å². The summed E-state index contributed by atoms with van der Waals surface area (Å²) in [5.41, 5.74) is 0.393. The van der Waals surface area contributed by atoms with Crippen LogP contribution in [0.4, 0.5) is 0 Å². The van der Waals surface area contributed by atoms with E-state index in [1.807, 2.05) is 6.21 Å². The van der Waals surface area contributed by atoms with Gasteiger partial charge in [-0.2, -0.15) is 0 Å². The molecule has 10 heavy (non-hydrogen) atoms. The van der Waals surface area contributed by atoms with Gasteiger partial charge in [0.15, 0.2) is 0 Å². The first-order chi connectivity index (χ1) is 4.58. The Bertz CT molecular complexity index is 135. The van der Waals surface area contributed by atoms with Crippen molar-refractivity contribution < 1.29 is 4.84 Å². The molecule has 0 saturated heterocycles. The normalized spacial score (nSPS) is 24.9. The minimum Gasteiger partial charge on any atom is -0.395 e. The van der Waals surface area contributed by atoms with Crippen molar-refractivity contribution in [1.82, 2.24) is 0 Å². The van der Waals surface area contributed by atoms with E-state index in [0.717, 1.165) is 13.0 Å². The lowest BCUT2D eigenvalue weighted by Gasteiger charge is -2.19. The Morgan fingerprint density at radius 2 is 2.30 bits per heavy atom. The summed E-state index contributed by atoms with van der Waals surface area (Å²) in [5.74, 6) is 0.542. The molecule has 0 aromatic rings. The second-order valence-electron chi connectivity index (χ2n) is 4.08. The predicted molar refractivity (Wildman–Crippen MR) is 42.0 cm³/mol. The van der Waals surface area contributed by atoms with Gasteiger partial charge in [-0.05, 0) is 11.8 Å². The highest BCUT2D eigenvalue weighted by Crippen LogP contribution is 2.25. The first-order valence-electron chi connectivity index (χ1n) is 3.73. The van der Waals surface area contributed by atoms with E-state index < -0.39 is 0 Å². The minimum atomic E-state index is 0.393. The summed E-state index contributed by atoms with van der Waals surface area (Å²) in [7, 11) is 0. The molecule has 0 aliphatic carbocycles. The van der Waals surface area contributed by atoms with Crippen molar-refractivity contribution in [2.75, 3.05) is 6.61 Å². The van der Waals surface area contributed by atoms with Crippen molar-refractivity contribution in [3.05, 3.63) is 0 Å². The largest absolute Gasteiger partial charge is 0.395 e. The third-order valence-corrected chi connectivity index (χ3v) is 1.51. The van der Waals surface area contributed by atoms with Gasteiger partial charge in [0.1, 0.15) is 6.61 Å². The molecule has 0 saturated carbocycles. The number of oxime groups is 1. The molecule has 1 aliphatic heterocycles. The van der Waals surface area contributed by atoms with E-state index in [1.54, 1.807) is 0 Å². The van der Waals surface area contributed by atoms with Crippen LogP contribution in [0.5, 0.6) is 0 Å². The van der Waals surface area contributed by atoms with E-state index in [9.17, 15) is 0 Å². The van der Waals surface area contributed by atoms with Gasteiger partial charge >= 0.3 is 0 Å². The van der Waals surface area contributed by atoms with Gasteiger partial charge in [-0.1, -0.05) is 25.9 Å². The summed E-state index contributed by atoms with van der Waals surface area (Å²) in [6.45, 7) is 7.48. The van der Waals surface area contributed by atoms with Gasteiger partial charge in [0, 0.05) is 5.92 Å². The molecule has 0 radical (unpaired) electrons. The molecule has 0 aromatic heterocycles. The van der Waals surface area contributed by atoms with Gasteiger partial charge in [0.25, 0.3) is 0 Å². The Morgan fingerprint density at radius 3 is 2.70 bits per heavy atom. The van der Waals surface area contributed by atoms with Crippen LogP contribution in [0.1, 0.15) is 27.2 Å². The lowest BCUT2D eigenvalue weighted by molar-refractivity contribution is 0.142. The summed E-state index contributed by atoms with van der Waals surface area (Å²) < 4.78 is 0. The number of hydrogen-bond acceptors (Lipinski definition) is 2. The molecule has 1 heterocycles. The quantitative estimate of drug-likeness (QED) is 0.547. The van der Waals surface area contributed by atoms with Gasteiger partial charge in [-0.3, -0.25) is 0 Å². The lowest BCUT2D eigenvalue weighted by atomic mass is 9.86. The van der Waals surface area contributed by atoms with E-state index in [2.05, 4.69) is 25.9 Å². The van der Waals surface area contributed by atoms with E-state index >= 15 is 0 Å². The van der Waals surface area contributed by atoms with E-state index in [4.69, 9.17) is 4.84 Å². The molecular weight excluding hydrogens is 126 g/mol. The molecule has 1 unspecified atom stereocenters. The number of hydrogen-bond donors (Lipinski definition) is 0. The molecule has 58 valence electrons. The molecule has 1 atom stereocenters. The first-order valence-corrected chi connectivity index (χ1v) is 3.73. The lowest BCUT2D eigenvalue weighted by Crippen LogP contribution is -2.14. The topological polar surface area (TPSA) is 21.6 Å². The third-order valence-electron chi connectivity index (χ3n) is 1.51. The summed E-state index contributed by atoms with van der Waals surface area (Å²) in [6, 6.07) is 0. The average molecular weight is 141 g/mol. The summed E-state index contributed by atoms with van der Waals surface area (Å²) in [4.78, 5) is 4.87. The van der Waals surface area contributed by atoms with Gasteiger partial charge < -0.3 is 4.84 Å². The van der Waals surface area contributed by atoms with E-state index in [1.165, 1.54) is 0 Å². The van der Waals surface area contributed by atoms with Gasteiger partial charge in [0.2, 0.25) is 0 Å². The molecule has 0 aromatic carbocycles. The number of nitrogens with zero attached hydrogens (tertiary/aromatic N) is 1. The third kappa shape index (κ3) is 2.38. The standard InChI is InChI=1S/C8H15NO/c1-8(2,3)4-7-5-9-10-6-7/h5,7H,4,6H2,1-3H3. The van der Waals surface area contributed by atoms with Crippen molar-refractivity contribution in [1.29, 1.82) is 0 Å². The Hall–Kier alpha value is -0.530. The van der Waals surface area contributed by atoms with E-state index in [0.29, 0.717) is 11.3 Å². The molecule has 1 rings (SSSR count). The second kappa shape index (κ2) is 2.60. The van der Waals surface area contributed by atoms with Crippen molar-refractivity contribution in [3.63, 3.8) is 0 Å². The summed E-state index contributed by atoms with van der Waals surface area (Å²) >= 11 is 0. The monoisotopic (exact) mass is 141 g/mol. The highest BCUT2D eigenvalue weighted by atomic mass is 16.6. The minimum absolute atomic E-state index is 0.393. The first kappa shape index (κ1) is 7.58. The van der Waals surface area contributed by atoms with Crippen LogP contribution in [0.25, 0.3) is 0 Å². The predicted octanol–water partition coefficient (Wildman–Crippen LogP) is 2.05. The molecule has 0 fully saturated rings. The zero-order valence-corrected chi connectivity index (χ0v) is 6.92. The fourth-order valence-corrected chi connectivity index (χ4v) is 1.21. The second-order valence-corrected chi connectivity index (χ2v) is 4.08. The molecule has 2 heteroatoms. The van der Waals surface area contributed by atoms with Crippen molar-refractivity contribution in [2.45, 2.75) is 27.2 Å². The molecule has 0 N–H and O–H groups in total. The smallest absolute Gasteiger partial charge is 0.125 e. The van der Waals surface area contributed by atoms with Crippen LogP contribution >= 0.6 is 0 Å². The SMILES string of the molecule is CC(C)(C)CC1C=NOC1. The summed E-state index contributed by atoms with van der Waals surface area (Å²) in [6.07, 6.45) is 3.07. The van der Waals surface area contributed by atoms with Crippen LogP contribution < -0.4 is 0 Å². The highest BCUT2D eigenvalue weighted by molar-refractivity contribution is 5.61. The number of rotatable bonds is 1. The fourth-order valence-electron chi connectivity index (χ4n) is 1.21. The van der Waals surface area contributed by atoms with Gasteiger partial charge in [-0.15, -0.1) is 0 Å².